The van der Waals surface area contributed by atoms with Crippen molar-refractivity contribution in [3.63, 3.8) is 0 Å². The molecule has 4 amide bonds. The van der Waals surface area contributed by atoms with E-state index in [1.807, 2.05) is 0 Å². The highest BCUT2D eigenvalue weighted by Gasteiger charge is 2.77. The number of fused-ring (bicyclic) bond motifs is 4. The van der Waals surface area contributed by atoms with Crippen molar-refractivity contribution in [1.29, 1.82) is 0 Å². The summed E-state index contributed by atoms with van der Waals surface area (Å²) >= 11 is 14.5. The topological polar surface area (TPSA) is 108 Å². The van der Waals surface area contributed by atoms with Crippen LogP contribution in [0.3, 0.4) is 0 Å². The highest BCUT2D eigenvalue weighted by Crippen LogP contribution is 2.66. The lowest BCUT2D eigenvalue weighted by atomic mass is 9.57. The number of carbonyl (C=O) groups is 4. The first-order chi connectivity index (χ1) is 20.1. The first kappa shape index (κ1) is 27.1. The van der Waals surface area contributed by atoms with Crippen molar-refractivity contribution in [3.05, 3.63) is 95.7 Å². The van der Waals surface area contributed by atoms with Crippen molar-refractivity contribution in [1.82, 2.24) is 0 Å². The molecule has 3 heterocycles. The number of halogens is 3. The summed E-state index contributed by atoms with van der Waals surface area (Å²) in [6, 6.07) is 16.5. The third-order valence-electron chi connectivity index (χ3n) is 9.03. The summed E-state index contributed by atoms with van der Waals surface area (Å²) in [5.74, 6) is -5.95. The second-order valence-corrected chi connectivity index (χ2v) is 12.3. The van der Waals surface area contributed by atoms with Crippen LogP contribution in [-0.2, 0) is 25.8 Å². The molecule has 6 atom stereocenters. The number of hydrogen-bond acceptors (Lipinski definition) is 6. The van der Waals surface area contributed by atoms with Gasteiger partial charge in [-0.3, -0.25) is 24.1 Å². The summed E-state index contributed by atoms with van der Waals surface area (Å²) < 4.78 is 19.6. The van der Waals surface area contributed by atoms with Crippen molar-refractivity contribution < 1.29 is 33.1 Å². The van der Waals surface area contributed by atoms with E-state index in [9.17, 15) is 28.7 Å². The van der Waals surface area contributed by atoms with E-state index < -0.39 is 63.6 Å². The number of allylic oxidation sites excluding steroid dienone is 2. The molecule has 11 heteroatoms. The van der Waals surface area contributed by atoms with Crippen LogP contribution in [-0.4, -0.2) is 38.5 Å². The number of para-hydroxylation sites is 1. The summed E-state index contributed by atoms with van der Waals surface area (Å²) in [5.41, 5.74) is 1.10. The molecule has 2 aliphatic heterocycles. The van der Waals surface area contributed by atoms with Crippen LogP contribution in [0.1, 0.15) is 30.3 Å². The molecule has 0 bridgehead atoms. The standard InChI is InChI=1S/C31H23Cl2FN2O6/c32-30-14-22-20(11-12-21-24(22)27(39)35(26(21)38)17-4-2-1-3-5-17)25(23-13-10-19(15-37)42-23)31(30,33)29(41)36(28(30)40)18-8-6-16(34)7-9-18/h1-11,13,21-22,24-25,37H,12,14-15H2. The minimum absolute atomic E-state index is 0.0901. The second-order valence-electron chi connectivity index (χ2n) is 11.1. The normalized spacial score (nSPS) is 32.1. The Morgan fingerprint density at radius 2 is 1.55 bits per heavy atom. The Labute approximate surface area is 249 Å². The molecule has 0 spiro atoms. The number of carbonyl (C=O) groups excluding carboxylic acids is 4. The van der Waals surface area contributed by atoms with Crippen LogP contribution in [0.2, 0.25) is 0 Å². The Balaban J connectivity index is 1.39. The predicted octanol–water partition coefficient (Wildman–Crippen LogP) is 4.68. The van der Waals surface area contributed by atoms with Gasteiger partial charge in [0, 0.05) is 0 Å². The quantitative estimate of drug-likeness (QED) is 0.262. The molecule has 8 nitrogen and oxygen atoms in total. The van der Waals surface area contributed by atoms with E-state index in [0.717, 1.165) is 17.0 Å². The molecule has 3 fully saturated rings. The van der Waals surface area contributed by atoms with E-state index in [0.29, 0.717) is 11.3 Å². The van der Waals surface area contributed by atoms with E-state index in [1.165, 1.54) is 23.1 Å². The summed E-state index contributed by atoms with van der Waals surface area (Å²) in [6.07, 6.45) is 1.82. The average molecular weight is 609 g/mol. The Kier molecular flexibility index (Phi) is 6.03. The first-order valence-electron chi connectivity index (χ1n) is 13.5. The van der Waals surface area contributed by atoms with Crippen LogP contribution in [0, 0.1) is 23.6 Å². The van der Waals surface area contributed by atoms with Crippen molar-refractivity contribution in [2.24, 2.45) is 17.8 Å². The monoisotopic (exact) mass is 608 g/mol. The zero-order chi connectivity index (χ0) is 29.6. The molecule has 214 valence electrons. The number of alkyl halides is 2. The number of benzene rings is 2. The van der Waals surface area contributed by atoms with Crippen LogP contribution in [0.5, 0.6) is 0 Å². The van der Waals surface area contributed by atoms with Gasteiger partial charge in [0.1, 0.15) is 23.9 Å². The fraction of sp³-hybridized carbons (Fsp3) is 0.290. The minimum atomic E-state index is -2.09. The summed E-state index contributed by atoms with van der Waals surface area (Å²) in [5, 5.41) is 9.70. The number of amides is 4. The van der Waals surface area contributed by atoms with Gasteiger partial charge >= 0.3 is 0 Å². The van der Waals surface area contributed by atoms with Gasteiger partial charge in [-0.05, 0) is 67.3 Å². The Hall–Kier alpha value is -3.79. The van der Waals surface area contributed by atoms with Crippen LogP contribution < -0.4 is 9.80 Å². The Bertz CT molecular complexity index is 1690. The van der Waals surface area contributed by atoms with Crippen LogP contribution in [0.4, 0.5) is 15.8 Å². The molecular weight excluding hydrogens is 586 g/mol. The summed E-state index contributed by atoms with van der Waals surface area (Å²) in [7, 11) is 0. The van der Waals surface area contributed by atoms with Gasteiger partial charge in [0.25, 0.3) is 11.8 Å². The average Bonchev–Trinajstić information content (AvgIpc) is 3.60. The maximum absolute atomic E-state index is 14.2. The van der Waals surface area contributed by atoms with Crippen LogP contribution >= 0.6 is 23.2 Å². The van der Waals surface area contributed by atoms with Crippen LogP contribution in [0.25, 0.3) is 0 Å². The van der Waals surface area contributed by atoms with Gasteiger partial charge in [0.2, 0.25) is 11.8 Å². The SMILES string of the molecule is O=C1C2CC=C3C(CC4(Cl)C(=O)N(c5ccc(F)cc5)C(=O)C4(Cl)C3c3ccc(CO)o3)C2C(=O)N1c1ccccc1. The number of furan rings is 1. The van der Waals surface area contributed by atoms with E-state index in [4.69, 9.17) is 27.6 Å². The predicted molar refractivity (Wildman–Crippen MR) is 150 cm³/mol. The zero-order valence-electron chi connectivity index (χ0n) is 21.9. The van der Waals surface area contributed by atoms with Crippen LogP contribution in [0.15, 0.2) is 82.8 Å². The summed E-state index contributed by atoms with van der Waals surface area (Å²) in [6.45, 7) is -0.422. The molecule has 3 aromatic rings. The highest BCUT2D eigenvalue weighted by molar-refractivity contribution is 6.58. The van der Waals surface area contributed by atoms with Crippen molar-refractivity contribution in [3.8, 4) is 0 Å². The van der Waals surface area contributed by atoms with Gasteiger partial charge < -0.3 is 9.52 Å². The third kappa shape index (κ3) is 3.44. The lowest BCUT2D eigenvalue weighted by Gasteiger charge is -2.49. The maximum atomic E-state index is 14.2. The molecule has 6 unspecified atom stereocenters. The largest absolute Gasteiger partial charge is 0.463 e. The molecule has 1 saturated carbocycles. The molecule has 4 aliphatic rings. The number of rotatable bonds is 4. The molecule has 2 aliphatic carbocycles. The highest BCUT2D eigenvalue weighted by atomic mass is 35.5. The smallest absolute Gasteiger partial charge is 0.258 e. The number of aliphatic hydroxyl groups is 1. The molecule has 7 rings (SSSR count). The molecule has 1 aromatic heterocycles. The van der Waals surface area contributed by atoms with Crippen molar-refractivity contribution in [2.45, 2.75) is 35.1 Å². The molecule has 1 N–H and O–H groups in total. The molecular formula is C31H23Cl2FN2O6. The lowest BCUT2D eigenvalue weighted by Crippen LogP contribution is -2.60. The van der Waals surface area contributed by atoms with Gasteiger partial charge in [-0.1, -0.05) is 29.8 Å². The number of anilines is 2. The number of hydrogen-bond donors (Lipinski definition) is 1. The Morgan fingerprint density at radius 3 is 2.21 bits per heavy atom. The molecule has 2 saturated heterocycles. The third-order valence-corrected chi connectivity index (χ3v) is 10.4. The van der Waals surface area contributed by atoms with E-state index in [2.05, 4.69) is 0 Å². The fourth-order valence-electron chi connectivity index (χ4n) is 7.18. The first-order valence-corrected chi connectivity index (χ1v) is 14.2. The van der Waals surface area contributed by atoms with E-state index >= 15 is 0 Å². The van der Waals surface area contributed by atoms with E-state index in [-0.39, 0.29) is 36.0 Å². The van der Waals surface area contributed by atoms with Gasteiger partial charge in [-0.15, -0.1) is 23.2 Å². The number of aliphatic hydroxyl groups excluding tert-OH is 1. The minimum Gasteiger partial charge on any atom is -0.463 e. The van der Waals surface area contributed by atoms with Gasteiger partial charge in [0.15, 0.2) is 9.75 Å². The second kappa shape index (κ2) is 9.36. The summed E-state index contributed by atoms with van der Waals surface area (Å²) in [4.78, 5) is 53.8. The van der Waals surface area contributed by atoms with E-state index in [1.54, 1.807) is 42.5 Å². The zero-order valence-corrected chi connectivity index (χ0v) is 23.4. The molecule has 2 aromatic carbocycles. The molecule has 42 heavy (non-hydrogen) atoms. The van der Waals surface area contributed by atoms with Gasteiger partial charge in [-0.25, -0.2) is 9.29 Å². The molecule has 0 radical (unpaired) electrons. The van der Waals surface area contributed by atoms with Crippen molar-refractivity contribution >= 4 is 58.2 Å². The number of imide groups is 2. The van der Waals surface area contributed by atoms with Gasteiger partial charge in [-0.2, -0.15) is 0 Å². The lowest BCUT2D eigenvalue weighted by molar-refractivity contribution is -0.125. The maximum Gasteiger partial charge on any atom is 0.258 e. The van der Waals surface area contributed by atoms with Crippen molar-refractivity contribution in [2.75, 3.05) is 9.80 Å². The number of nitrogens with zero attached hydrogens (tertiary/aromatic N) is 2. The Morgan fingerprint density at radius 1 is 0.857 bits per heavy atom. The van der Waals surface area contributed by atoms with Gasteiger partial charge in [0.05, 0.1) is 29.1 Å². The fourth-order valence-corrected chi connectivity index (χ4v) is 8.09.